The van der Waals surface area contributed by atoms with E-state index in [2.05, 4.69) is 58.5 Å². The van der Waals surface area contributed by atoms with Crippen LogP contribution >= 0.6 is 24.0 Å². The highest BCUT2D eigenvalue weighted by Crippen LogP contribution is 2.19. The molecule has 7 heteroatoms. The van der Waals surface area contributed by atoms with Crippen molar-refractivity contribution >= 4 is 29.9 Å². The maximum atomic E-state index is 5.41. The summed E-state index contributed by atoms with van der Waals surface area (Å²) in [5, 5.41) is 6.84. The molecule has 2 aliphatic rings. The monoisotopic (exact) mass is 543 g/mol. The van der Waals surface area contributed by atoms with E-state index < -0.39 is 0 Å². The number of guanidine groups is 1. The highest BCUT2D eigenvalue weighted by Gasteiger charge is 2.17. The van der Waals surface area contributed by atoms with Crippen LogP contribution in [0.3, 0.4) is 0 Å². The second kappa shape index (κ2) is 15.0. The van der Waals surface area contributed by atoms with Gasteiger partial charge in [-0.05, 0) is 57.3 Å². The summed E-state index contributed by atoms with van der Waals surface area (Å²) in [5.74, 6) is 0.908. The summed E-state index contributed by atoms with van der Waals surface area (Å²) in [6, 6.07) is 9.72. The van der Waals surface area contributed by atoms with Gasteiger partial charge in [0.15, 0.2) is 5.96 Å². The van der Waals surface area contributed by atoms with Crippen LogP contribution in [0.25, 0.3) is 0 Å². The number of morpholine rings is 1. The van der Waals surface area contributed by atoms with Gasteiger partial charge in [0.25, 0.3) is 0 Å². The number of hydrogen-bond acceptors (Lipinski definition) is 4. The molecule has 0 aliphatic carbocycles. The Labute approximate surface area is 206 Å². The van der Waals surface area contributed by atoms with Crippen molar-refractivity contribution in [2.45, 2.75) is 58.7 Å². The lowest BCUT2D eigenvalue weighted by atomic mass is 10.0. The van der Waals surface area contributed by atoms with Crippen LogP contribution in [-0.2, 0) is 17.8 Å². The molecule has 0 saturated carbocycles. The third kappa shape index (κ3) is 9.63. The van der Waals surface area contributed by atoms with E-state index in [1.54, 1.807) is 0 Å². The van der Waals surface area contributed by atoms with Crippen LogP contribution in [-0.4, -0.2) is 74.3 Å². The van der Waals surface area contributed by atoms with Crippen LogP contribution in [0.4, 0.5) is 0 Å². The summed E-state index contributed by atoms with van der Waals surface area (Å²) < 4.78 is 5.41. The topological polar surface area (TPSA) is 52.1 Å². The highest BCUT2D eigenvalue weighted by atomic mass is 127. The van der Waals surface area contributed by atoms with Crippen molar-refractivity contribution in [1.82, 2.24) is 20.4 Å². The highest BCUT2D eigenvalue weighted by molar-refractivity contribution is 14.0. The van der Waals surface area contributed by atoms with Gasteiger partial charge in [0.1, 0.15) is 0 Å². The predicted octanol–water partition coefficient (Wildman–Crippen LogP) is 3.46. The number of rotatable bonds is 9. The number of halogens is 1. The van der Waals surface area contributed by atoms with E-state index in [9.17, 15) is 0 Å². The first-order valence-corrected chi connectivity index (χ1v) is 11.9. The standard InChI is InChI=1S/C24H41N5O.HI/c1-3-25-24(26-12-6-13-28-15-17-30-18-16-28)27-19-22-8-10-23(11-9-22)20-29-14-5-4-7-21(29)2;/h8-11,21H,3-7,12-20H2,1-2H3,(H2,25,26,27);1H. The van der Waals surface area contributed by atoms with Crippen molar-refractivity contribution < 1.29 is 4.74 Å². The minimum atomic E-state index is 0. The normalized spacial score (nSPS) is 20.8. The maximum Gasteiger partial charge on any atom is 0.191 e. The van der Waals surface area contributed by atoms with Gasteiger partial charge in [0.05, 0.1) is 19.8 Å². The lowest BCUT2D eigenvalue weighted by Crippen LogP contribution is -2.40. The number of aliphatic imine (C=N–C) groups is 1. The Kier molecular flexibility index (Phi) is 12.8. The van der Waals surface area contributed by atoms with Gasteiger partial charge in [-0.3, -0.25) is 9.80 Å². The molecule has 1 aromatic carbocycles. The van der Waals surface area contributed by atoms with Gasteiger partial charge < -0.3 is 15.4 Å². The van der Waals surface area contributed by atoms with Crippen molar-refractivity contribution in [2.24, 2.45) is 4.99 Å². The summed E-state index contributed by atoms with van der Waals surface area (Å²) in [5.41, 5.74) is 2.67. The van der Waals surface area contributed by atoms with Crippen LogP contribution in [0.1, 0.15) is 50.7 Å². The summed E-state index contributed by atoms with van der Waals surface area (Å²) in [6.45, 7) is 14.3. The third-order valence-electron chi connectivity index (χ3n) is 6.16. The van der Waals surface area contributed by atoms with E-state index >= 15 is 0 Å². The number of benzene rings is 1. The molecule has 0 bridgehead atoms. The molecule has 0 spiro atoms. The molecule has 2 heterocycles. The van der Waals surface area contributed by atoms with Crippen molar-refractivity contribution in [1.29, 1.82) is 0 Å². The summed E-state index contributed by atoms with van der Waals surface area (Å²) >= 11 is 0. The van der Waals surface area contributed by atoms with Crippen molar-refractivity contribution in [2.75, 3.05) is 52.5 Å². The lowest BCUT2D eigenvalue weighted by molar-refractivity contribution is 0.0376. The summed E-state index contributed by atoms with van der Waals surface area (Å²) in [6.07, 6.45) is 5.17. The van der Waals surface area contributed by atoms with Crippen LogP contribution in [0.5, 0.6) is 0 Å². The van der Waals surface area contributed by atoms with E-state index in [4.69, 9.17) is 9.73 Å². The molecule has 0 amide bonds. The first kappa shape index (κ1) is 26.4. The zero-order valence-corrected chi connectivity index (χ0v) is 21.8. The van der Waals surface area contributed by atoms with Crippen LogP contribution in [0.2, 0.25) is 0 Å². The van der Waals surface area contributed by atoms with Crippen molar-refractivity contribution in [3.05, 3.63) is 35.4 Å². The first-order valence-electron chi connectivity index (χ1n) is 11.9. The smallest absolute Gasteiger partial charge is 0.191 e. The minimum Gasteiger partial charge on any atom is -0.379 e. The molecule has 2 fully saturated rings. The maximum absolute atomic E-state index is 5.41. The van der Waals surface area contributed by atoms with Gasteiger partial charge in [-0.2, -0.15) is 0 Å². The zero-order chi connectivity index (χ0) is 21.0. The molecule has 2 N–H and O–H groups in total. The van der Waals surface area contributed by atoms with Gasteiger partial charge >= 0.3 is 0 Å². The average molecular weight is 544 g/mol. The molecule has 1 atom stereocenters. The first-order chi connectivity index (χ1) is 14.7. The number of nitrogens with one attached hydrogen (secondary N) is 2. The van der Waals surface area contributed by atoms with E-state index in [0.29, 0.717) is 12.6 Å². The minimum absolute atomic E-state index is 0. The second-order valence-electron chi connectivity index (χ2n) is 8.56. The summed E-state index contributed by atoms with van der Waals surface area (Å²) in [4.78, 5) is 9.86. The number of ether oxygens (including phenoxy) is 1. The van der Waals surface area contributed by atoms with Gasteiger partial charge in [0, 0.05) is 38.8 Å². The number of piperidine rings is 1. The second-order valence-corrected chi connectivity index (χ2v) is 8.56. The third-order valence-corrected chi connectivity index (χ3v) is 6.16. The quantitative estimate of drug-likeness (QED) is 0.216. The van der Waals surface area contributed by atoms with Gasteiger partial charge in [-0.15, -0.1) is 24.0 Å². The van der Waals surface area contributed by atoms with Crippen LogP contribution in [0.15, 0.2) is 29.3 Å². The number of likely N-dealkylation sites (tertiary alicyclic amines) is 1. The molecule has 1 unspecified atom stereocenters. The Morgan fingerprint density at radius 1 is 1.06 bits per heavy atom. The molecule has 3 rings (SSSR count). The SMILES string of the molecule is CCNC(=NCc1ccc(CN2CCCCC2C)cc1)NCCCN1CCOCC1.I. The van der Waals surface area contributed by atoms with Crippen LogP contribution < -0.4 is 10.6 Å². The van der Waals surface area contributed by atoms with E-state index in [-0.39, 0.29) is 24.0 Å². The molecule has 31 heavy (non-hydrogen) atoms. The Hall–Kier alpha value is -0.900. The average Bonchev–Trinajstić information content (AvgIpc) is 2.78. The number of hydrogen-bond donors (Lipinski definition) is 2. The molecular weight excluding hydrogens is 501 g/mol. The molecule has 6 nitrogen and oxygen atoms in total. The van der Waals surface area contributed by atoms with E-state index in [0.717, 1.165) is 64.9 Å². The molecule has 0 aromatic heterocycles. The molecule has 176 valence electrons. The number of nitrogens with zero attached hydrogens (tertiary/aromatic N) is 3. The fourth-order valence-corrected chi connectivity index (χ4v) is 4.22. The molecule has 2 aliphatic heterocycles. The Bertz CT molecular complexity index is 633. The largest absolute Gasteiger partial charge is 0.379 e. The Morgan fingerprint density at radius 2 is 1.81 bits per heavy atom. The fraction of sp³-hybridized carbons (Fsp3) is 0.708. The Balaban J connectivity index is 0.00000341. The van der Waals surface area contributed by atoms with Crippen molar-refractivity contribution in [3.63, 3.8) is 0 Å². The molecular formula is C24H42IN5O. The molecule has 2 saturated heterocycles. The van der Waals surface area contributed by atoms with Gasteiger partial charge in [-0.1, -0.05) is 30.7 Å². The molecule has 0 radical (unpaired) electrons. The van der Waals surface area contributed by atoms with E-state index in [1.165, 1.54) is 36.9 Å². The zero-order valence-electron chi connectivity index (χ0n) is 19.4. The summed E-state index contributed by atoms with van der Waals surface area (Å²) in [7, 11) is 0. The lowest BCUT2D eigenvalue weighted by Gasteiger charge is -2.33. The predicted molar refractivity (Wildman–Crippen MR) is 140 cm³/mol. The fourth-order valence-electron chi connectivity index (χ4n) is 4.22. The Morgan fingerprint density at radius 3 is 2.52 bits per heavy atom. The molecule has 1 aromatic rings. The van der Waals surface area contributed by atoms with Crippen LogP contribution in [0, 0.1) is 0 Å². The van der Waals surface area contributed by atoms with Gasteiger partial charge in [-0.25, -0.2) is 4.99 Å². The van der Waals surface area contributed by atoms with E-state index in [1.807, 2.05) is 0 Å². The van der Waals surface area contributed by atoms with Gasteiger partial charge in [0.2, 0.25) is 0 Å². The van der Waals surface area contributed by atoms with Crippen molar-refractivity contribution in [3.8, 4) is 0 Å².